The van der Waals surface area contributed by atoms with E-state index in [-0.39, 0.29) is 0 Å². The summed E-state index contributed by atoms with van der Waals surface area (Å²) in [5.74, 6) is 0. The Balaban J connectivity index is 0.954. The third kappa shape index (κ3) is 5.17. The molecule has 0 unspecified atom stereocenters. The largest absolute Gasteiger partial charge is 0.456 e. The van der Waals surface area contributed by atoms with Crippen LogP contribution in [0.15, 0.2) is 223 Å². The molecule has 3 nitrogen and oxygen atoms in total. The number of furan rings is 1. The highest BCUT2D eigenvalue weighted by molar-refractivity contribution is 6.26. The lowest BCUT2D eigenvalue weighted by Crippen LogP contribution is -2.10. The Labute approximate surface area is 351 Å². The van der Waals surface area contributed by atoms with E-state index in [9.17, 15) is 0 Å². The molecule has 0 spiro atoms. The van der Waals surface area contributed by atoms with E-state index in [2.05, 4.69) is 216 Å². The summed E-state index contributed by atoms with van der Waals surface area (Å²) < 4.78 is 8.58. The molecule has 0 N–H and O–H groups in total. The first kappa shape index (κ1) is 33.8. The molecule has 0 saturated carbocycles. The van der Waals surface area contributed by atoms with Gasteiger partial charge in [-0.3, -0.25) is 0 Å². The van der Waals surface area contributed by atoms with Gasteiger partial charge in [-0.15, -0.1) is 0 Å². The second kappa shape index (κ2) is 13.2. The van der Waals surface area contributed by atoms with Gasteiger partial charge in [0.15, 0.2) is 0 Å². The maximum atomic E-state index is 6.19. The number of aromatic nitrogens is 1. The fourth-order valence-corrected chi connectivity index (χ4v) is 9.95. The molecular formula is C58H36N2O. The zero-order chi connectivity index (χ0) is 40.0. The van der Waals surface area contributed by atoms with Crippen LogP contribution < -0.4 is 4.90 Å². The van der Waals surface area contributed by atoms with E-state index in [4.69, 9.17) is 4.42 Å². The van der Waals surface area contributed by atoms with Crippen LogP contribution in [0, 0.1) is 0 Å². The van der Waals surface area contributed by atoms with Crippen molar-refractivity contribution in [2.75, 3.05) is 4.90 Å². The standard InChI is InChI=1S/C58H36N2O/c1-2-14-43-38(12-1)13-11-22-54(43)59(41-29-31-48-46-17-4-3-15-44(46)45-16-5-6-18-47(45)51(48)35-41)40-27-24-37(25-28-40)39-26-32-56-52(34-39)49-19-7-9-21-55(49)60(56)42-30-33-58-53(36-42)50-20-8-10-23-57(50)61-58/h1-36H. The van der Waals surface area contributed by atoms with Gasteiger partial charge in [0.2, 0.25) is 0 Å². The molecule has 0 atom stereocenters. The highest BCUT2D eigenvalue weighted by Crippen LogP contribution is 2.44. The van der Waals surface area contributed by atoms with Crippen LogP contribution in [-0.4, -0.2) is 4.57 Å². The lowest BCUT2D eigenvalue weighted by Gasteiger charge is -2.27. The lowest BCUT2D eigenvalue weighted by molar-refractivity contribution is 0.669. The molecule has 0 radical (unpaired) electrons. The number of fused-ring (bicyclic) bond motifs is 13. The van der Waals surface area contributed by atoms with Crippen molar-refractivity contribution >= 4 is 104 Å². The van der Waals surface area contributed by atoms with Crippen LogP contribution in [0.3, 0.4) is 0 Å². The van der Waals surface area contributed by atoms with Gasteiger partial charge in [-0.2, -0.15) is 0 Å². The second-order valence-electron chi connectivity index (χ2n) is 16.1. The third-order valence-electron chi connectivity index (χ3n) is 12.7. The quantitative estimate of drug-likeness (QED) is 0.162. The van der Waals surface area contributed by atoms with Crippen LogP contribution in [-0.2, 0) is 0 Å². The second-order valence-corrected chi connectivity index (χ2v) is 16.1. The summed E-state index contributed by atoms with van der Waals surface area (Å²) >= 11 is 0. The molecule has 61 heavy (non-hydrogen) atoms. The van der Waals surface area contributed by atoms with Crippen molar-refractivity contribution in [3.63, 3.8) is 0 Å². The third-order valence-corrected chi connectivity index (χ3v) is 12.7. The van der Waals surface area contributed by atoms with Gasteiger partial charge in [-0.05, 0) is 122 Å². The normalized spacial score (nSPS) is 11.9. The minimum atomic E-state index is 0.901. The summed E-state index contributed by atoms with van der Waals surface area (Å²) in [6.07, 6.45) is 0. The molecule has 0 fully saturated rings. The Morgan fingerprint density at radius 3 is 1.67 bits per heavy atom. The SMILES string of the molecule is c1ccc2c(N(c3ccc(-c4ccc5c(c4)c4ccccc4n5-c4ccc5oc6ccccc6c5c4)cc3)c3ccc4c5ccccc5c5ccccc5c4c3)cccc2c1. The molecular weight excluding hydrogens is 741 g/mol. The smallest absolute Gasteiger partial charge is 0.135 e. The fraction of sp³-hybridized carbons (Fsp3) is 0. The van der Waals surface area contributed by atoms with Gasteiger partial charge < -0.3 is 13.9 Å². The molecule has 0 aliphatic rings. The molecule has 0 saturated heterocycles. The van der Waals surface area contributed by atoms with Crippen LogP contribution in [0.4, 0.5) is 17.1 Å². The molecule has 0 bridgehead atoms. The molecule has 2 aromatic heterocycles. The van der Waals surface area contributed by atoms with Gasteiger partial charge in [-0.1, -0.05) is 146 Å². The predicted octanol–water partition coefficient (Wildman–Crippen LogP) is 16.4. The minimum Gasteiger partial charge on any atom is -0.456 e. The van der Waals surface area contributed by atoms with Crippen LogP contribution in [0.25, 0.3) is 104 Å². The average molecular weight is 777 g/mol. The van der Waals surface area contributed by atoms with Gasteiger partial charge >= 0.3 is 0 Å². The van der Waals surface area contributed by atoms with E-state index in [0.717, 1.165) is 44.7 Å². The molecule has 0 aliphatic heterocycles. The molecule has 0 aliphatic carbocycles. The Morgan fingerprint density at radius 1 is 0.311 bits per heavy atom. The lowest BCUT2D eigenvalue weighted by atomic mass is 9.94. The molecule has 2 heterocycles. The summed E-state index contributed by atoms with van der Waals surface area (Å²) in [7, 11) is 0. The topological polar surface area (TPSA) is 21.3 Å². The van der Waals surface area contributed by atoms with Gasteiger partial charge in [0, 0.05) is 44.0 Å². The van der Waals surface area contributed by atoms with Crippen LogP contribution in [0.2, 0.25) is 0 Å². The van der Waals surface area contributed by atoms with Crippen molar-refractivity contribution < 1.29 is 4.42 Å². The van der Waals surface area contributed by atoms with E-state index in [1.54, 1.807) is 0 Å². The number of anilines is 3. The first-order chi connectivity index (χ1) is 30.2. The van der Waals surface area contributed by atoms with E-state index in [0.29, 0.717) is 0 Å². The summed E-state index contributed by atoms with van der Waals surface area (Å²) in [6, 6.07) is 79.4. The molecule has 13 aromatic rings. The van der Waals surface area contributed by atoms with Crippen molar-refractivity contribution in [3.05, 3.63) is 218 Å². The number of nitrogens with zero attached hydrogens (tertiary/aromatic N) is 2. The van der Waals surface area contributed by atoms with Gasteiger partial charge in [-0.25, -0.2) is 0 Å². The molecule has 3 heteroatoms. The van der Waals surface area contributed by atoms with Crippen molar-refractivity contribution in [1.82, 2.24) is 4.57 Å². The van der Waals surface area contributed by atoms with Crippen LogP contribution in [0.5, 0.6) is 0 Å². The van der Waals surface area contributed by atoms with Crippen molar-refractivity contribution in [3.8, 4) is 16.8 Å². The zero-order valence-corrected chi connectivity index (χ0v) is 33.1. The monoisotopic (exact) mass is 776 g/mol. The maximum absolute atomic E-state index is 6.19. The van der Waals surface area contributed by atoms with E-state index >= 15 is 0 Å². The minimum absolute atomic E-state index is 0.901. The van der Waals surface area contributed by atoms with Crippen LogP contribution in [0.1, 0.15) is 0 Å². The summed E-state index contributed by atoms with van der Waals surface area (Å²) in [5, 5.41) is 14.7. The number of hydrogen-bond donors (Lipinski definition) is 0. The highest BCUT2D eigenvalue weighted by atomic mass is 16.3. The van der Waals surface area contributed by atoms with Crippen molar-refractivity contribution in [2.45, 2.75) is 0 Å². The average Bonchev–Trinajstić information content (AvgIpc) is 3.87. The molecule has 284 valence electrons. The van der Waals surface area contributed by atoms with E-state index < -0.39 is 0 Å². The van der Waals surface area contributed by atoms with Crippen molar-refractivity contribution in [2.24, 2.45) is 0 Å². The highest BCUT2D eigenvalue weighted by Gasteiger charge is 2.19. The molecule has 11 aromatic carbocycles. The number of para-hydroxylation sites is 2. The van der Waals surface area contributed by atoms with Crippen LogP contribution >= 0.6 is 0 Å². The maximum Gasteiger partial charge on any atom is 0.135 e. The first-order valence-electron chi connectivity index (χ1n) is 20.9. The van der Waals surface area contributed by atoms with Gasteiger partial charge in [0.25, 0.3) is 0 Å². The van der Waals surface area contributed by atoms with Crippen molar-refractivity contribution in [1.29, 1.82) is 0 Å². The zero-order valence-electron chi connectivity index (χ0n) is 33.1. The number of rotatable bonds is 5. The Bertz CT molecular complexity index is 3850. The number of hydrogen-bond acceptors (Lipinski definition) is 2. The van der Waals surface area contributed by atoms with Gasteiger partial charge in [0.1, 0.15) is 11.2 Å². The summed E-state index contributed by atoms with van der Waals surface area (Å²) in [6.45, 7) is 0. The van der Waals surface area contributed by atoms with Gasteiger partial charge in [0.05, 0.1) is 16.7 Å². The van der Waals surface area contributed by atoms with E-state index in [1.165, 1.54) is 76.0 Å². The first-order valence-corrected chi connectivity index (χ1v) is 20.9. The Kier molecular flexibility index (Phi) is 7.31. The Morgan fingerprint density at radius 2 is 0.885 bits per heavy atom. The summed E-state index contributed by atoms with van der Waals surface area (Å²) in [5.41, 5.74) is 11.0. The number of benzene rings is 11. The Hall–Kier alpha value is -8.14. The fourth-order valence-electron chi connectivity index (χ4n) is 9.95. The molecule has 13 rings (SSSR count). The summed E-state index contributed by atoms with van der Waals surface area (Å²) in [4.78, 5) is 2.42. The van der Waals surface area contributed by atoms with E-state index in [1.807, 2.05) is 12.1 Å². The molecule has 0 amide bonds. The predicted molar refractivity (Wildman–Crippen MR) is 258 cm³/mol.